The van der Waals surface area contributed by atoms with Gasteiger partial charge in [0, 0.05) is 13.0 Å². The van der Waals surface area contributed by atoms with Gasteiger partial charge in [0.2, 0.25) is 0 Å². The number of methoxy groups -OCH3 is 1. The number of para-hydroxylation sites is 2. The van der Waals surface area contributed by atoms with Crippen LogP contribution in [0.15, 0.2) is 48.5 Å². The molecule has 0 aliphatic rings. The molecule has 5 nitrogen and oxygen atoms in total. The number of hydrogen-bond acceptors (Lipinski definition) is 4. The summed E-state index contributed by atoms with van der Waals surface area (Å²) in [5.41, 5.74) is 2.70. The van der Waals surface area contributed by atoms with Crippen LogP contribution in [0.4, 0.5) is 0 Å². The van der Waals surface area contributed by atoms with Crippen LogP contribution in [0.25, 0.3) is 11.0 Å². The Morgan fingerprint density at radius 2 is 2.00 bits per heavy atom. The van der Waals surface area contributed by atoms with Crippen molar-refractivity contribution < 1.29 is 14.9 Å². The van der Waals surface area contributed by atoms with Crippen molar-refractivity contribution in [2.75, 3.05) is 13.7 Å². The Morgan fingerprint density at radius 3 is 2.79 bits per heavy atom. The first kappa shape index (κ1) is 16.5. The van der Waals surface area contributed by atoms with Gasteiger partial charge < -0.3 is 19.5 Å². The molecule has 0 amide bonds. The first-order valence-electron chi connectivity index (χ1n) is 8.10. The molecular weight excluding hydrogens is 304 g/mol. The summed E-state index contributed by atoms with van der Waals surface area (Å²) in [7, 11) is 1.61. The second kappa shape index (κ2) is 7.47. The molecule has 0 bridgehead atoms. The highest BCUT2D eigenvalue weighted by molar-refractivity contribution is 5.75. The monoisotopic (exact) mass is 326 g/mol. The van der Waals surface area contributed by atoms with Gasteiger partial charge >= 0.3 is 0 Å². The van der Waals surface area contributed by atoms with Gasteiger partial charge in [-0.25, -0.2) is 4.98 Å². The van der Waals surface area contributed by atoms with Crippen LogP contribution in [0.5, 0.6) is 5.75 Å². The Labute approximate surface area is 141 Å². The third-order valence-electron chi connectivity index (χ3n) is 4.13. The van der Waals surface area contributed by atoms with E-state index in [-0.39, 0.29) is 6.61 Å². The second-order valence-electron chi connectivity index (χ2n) is 5.75. The van der Waals surface area contributed by atoms with E-state index in [2.05, 4.69) is 4.98 Å². The van der Waals surface area contributed by atoms with Gasteiger partial charge in [-0.15, -0.1) is 0 Å². The fourth-order valence-corrected chi connectivity index (χ4v) is 2.88. The van der Waals surface area contributed by atoms with Gasteiger partial charge in [0.05, 0.1) is 30.8 Å². The minimum Gasteiger partial charge on any atom is -0.497 e. The molecule has 1 unspecified atom stereocenters. The van der Waals surface area contributed by atoms with E-state index in [0.717, 1.165) is 28.2 Å². The van der Waals surface area contributed by atoms with Crippen molar-refractivity contribution in [3.63, 3.8) is 0 Å². The molecule has 3 rings (SSSR count). The molecule has 126 valence electrons. The molecule has 24 heavy (non-hydrogen) atoms. The van der Waals surface area contributed by atoms with Gasteiger partial charge in [0.15, 0.2) is 0 Å². The van der Waals surface area contributed by atoms with Crippen molar-refractivity contribution in [3.05, 3.63) is 59.9 Å². The summed E-state index contributed by atoms with van der Waals surface area (Å²) in [6, 6.07) is 15.3. The van der Waals surface area contributed by atoms with E-state index in [1.54, 1.807) is 7.11 Å². The molecule has 0 radical (unpaired) electrons. The molecule has 2 aromatic carbocycles. The topological polar surface area (TPSA) is 67.5 Å². The highest BCUT2D eigenvalue weighted by Crippen LogP contribution is 2.24. The number of aromatic nitrogens is 2. The molecule has 0 saturated carbocycles. The van der Waals surface area contributed by atoms with Gasteiger partial charge in [0.25, 0.3) is 0 Å². The molecule has 5 heteroatoms. The Hall–Kier alpha value is -2.37. The Bertz CT molecular complexity index is 813. The molecular formula is C19H22N2O3. The number of aliphatic hydroxyl groups is 2. The SMILES string of the molecule is COc1cccc(C(O)Cn2c(CCCO)nc3ccccc32)c1. The zero-order chi connectivity index (χ0) is 16.9. The highest BCUT2D eigenvalue weighted by atomic mass is 16.5. The molecule has 1 heterocycles. The number of rotatable bonds is 7. The number of fused-ring (bicyclic) bond motifs is 1. The number of aliphatic hydroxyl groups excluding tert-OH is 2. The van der Waals surface area contributed by atoms with Crippen LogP contribution < -0.4 is 4.74 Å². The minimum atomic E-state index is -0.661. The van der Waals surface area contributed by atoms with E-state index in [4.69, 9.17) is 9.84 Å². The van der Waals surface area contributed by atoms with Crippen LogP contribution in [-0.2, 0) is 13.0 Å². The highest BCUT2D eigenvalue weighted by Gasteiger charge is 2.15. The van der Waals surface area contributed by atoms with Crippen molar-refractivity contribution in [2.24, 2.45) is 0 Å². The summed E-state index contributed by atoms with van der Waals surface area (Å²) in [6.45, 7) is 0.538. The average Bonchev–Trinajstić information content (AvgIpc) is 2.97. The molecule has 0 aliphatic carbocycles. The number of ether oxygens (including phenoxy) is 1. The van der Waals surface area contributed by atoms with E-state index < -0.39 is 6.10 Å². The van der Waals surface area contributed by atoms with Crippen LogP contribution in [0.3, 0.4) is 0 Å². The van der Waals surface area contributed by atoms with Crippen molar-refractivity contribution >= 4 is 11.0 Å². The first-order chi connectivity index (χ1) is 11.7. The Kier molecular flexibility index (Phi) is 5.13. The Morgan fingerprint density at radius 1 is 1.17 bits per heavy atom. The molecule has 0 spiro atoms. The van der Waals surface area contributed by atoms with Crippen LogP contribution >= 0.6 is 0 Å². The predicted octanol–water partition coefficient (Wildman–Crippen LogP) is 2.70. The summed E-state index contributed by atoms with van der Waals surface area (Å²) in [5, 5.41) is 19.8. The lowest BCUT2D eigenvalue weighted by molar-refractivity contribution is 0.156. The smallest absolute Gasteiger partial charge is 0.119 e. The second-order valence-corrected chi connectivity index (χ2v) is 5.75. The summed E-state index contributed by atoms with van der Waals surface area (Å²) in [4.78, 5) is 4.65. The van der Waals surface area contributed by atoms with E-state index in [1.807, 2.05) is 53.1 Å². The van der Waals surface area contributed by atoms with E-state index in [1.165, 1.54) is 0 Å². The van der Waals surface area contributed by atoms with Crippen LogP contribution in [0, 0.1) is 0 Å². The maximum Gasteiger partial charge on any atom is 0.119 e. The van der Waals surface area contributed by atoms with Gasteiger partial charge in [-0.1, -0.05) is 24.3 Å². The maximum absolute atomic E-state index is 10.7. The zero-order valence-electron chi connectivity index (χ0n) is 13.7. The van der Waals surface area contributed by atoms with E-state index >= 15 is 0 Å². The standard InChI is InChI=1S/C19H22N2O3/c1-24-15-7-4-6-14(12-15)18(23)13-21-17-9-3-2-8-16(17)20-19(21)10-5-11-22/h2-4,6-9,12,18,22-23H,5,10-11,13H2,1H3. The lowest BCUT2D eigenvalue weighted by atomic mass is 10.1. The quantitative estimate of drug-likeness (QED) is 0.700. The van der Waals surface area contributed by atoms with E-state index in [9.17, 15) is 5.11 Å². The minimum absolute atomic E-state index is 0.127. The molecule has 0 saturated heterocycles. The zero-order valence-corrected chi connectivity index (χ0v) is 13.7. The average molecular weight is 326 g/mol. The normalized spacial score (nSPS) is 12.5. The first-order valence-corrected chi connectivity index (χ1v) is 8.10. The van der Waals surface area contributed by atoms with Crippen molar-refractivity contribution in [1.82, 2.24) is 9.55 Å². The molecule has 1 aromatic heterocycles. The Balaban J connectivity index is 1.92. The number of imidazole rings is 1. The van der Waals surface area contributed by atoms with Crippen molar-refractivity contribution in [3.8, 4) is 5.75 Å². The van der Waals surface area contributed by atoms with Crippen LogP contribution in [0.2, 0.25) is 0 Å². The number of aryl methyl sites for hydroxylation is 1. The number of benzene rings is 2. The maximum atomic E-state index is 10.7. The molecule has 0 aliphatic heterocycles. The molecule has 2 N–H and O–H groups in total. The lowest BCUT2D eigenvalue weighted by Gasteiger charge is -2.16. The van der Waals surface area contributed by atoms with Crippen molar-refractivity contribution in [2.45, 2.75) is 25.5 Å². The van der Waals surface area contributed by atoms with Gasteiger partial charge in [-0.05, 0) is 36.2 Å². The van der Waals surface area contributed by atoms with Gasteiger partial charge in [0.1, 0.15) is 11.6 Å². The number of hydrogen-bond donors (Lipinski definition) is 2. The molecule has 0 fully saturated rings. The van der Waals surface area contributed by atoms with E-state index in [0.29, 0.717) is 19.4 Å². The fraction of sp³-hybridized carbons (Fsp3) is 0.316. The predicted molar refractivity (Wildman–Crippen MR) is 93.1 cm³/mol. The van der Waals surface area contributed by atoms with Crippen molar-refractivity contribution in [1.29, 1.82) is 0 Å². The fourth-order valence-electron chi connectivity index (χ4n) is 2.88. The summed E-state index contributed by atoms with van der Waals surface area (Å²) in [5.74, 6) is 1.61. The molecule has 1 atom stereocenters. The summed E-state index contributed by atoms with van der Waals surface area (Å²) >= 11 is 0. The molecule has 3 aromatic rings. The summed E-state index contributed by atoms with van der Waals surface area (Å²) < 4.78 is 7.27. The summed E-state index contributed by atoms with van der Waals surface area (Å²) in [6.07, 6.45) is 0.666. The van der Waals surface area contributed by atoms with Crippen LogP contribution in [-0.4, -0.2) is 33.5 Å². The largest absolute Gasteiger partial charge is 0.497 e. The number of nitrogens with zero attached hydrogens (tertiary/aromatic N) is 2. The van der Waals surface area contributed by atoms with Gasteiger partial charge in [-0.3, -0.25) is 0 Å². The third-order valence-corrected chi connectivity index (χ3v) is 4.13. The third kappa shape index (κ3) is 3.42. The van der Waals surface area contributed by atoms with Crippen LogP contribution in [0.1, 0.15) is 23.9 Å². The lowest BCUT2D eigenvalue weighted by Crippen LogP contribution is -2.12. The van der Waals surface area contributed by atoms with Gasteiger partial charge in [-0.2, -0.15) is 0 Å².